The van der Waals surface area contributed by atoms with E-state index in [-0.39, 0.29) is 24.3 Å². The van der Waals surface area contributed by atoms with Crippen LogP contribution >= 0.6 is 22.9 Å². The topological polar surface area (TPSA) is 89.2 Å². The average Bonchev–Trinajstić information content (AvgIpc) is 3.38. The van der Waals surface area contributed by atoms with Crippen molar-refractivity contribution in [3.63, 3.8) is 0 Å². The molecule has 8 nitrogen and oxygen atoms in total. The second kappa shape index (κ2) is 8.23. The van der Waals surface area contributed by atoms with Gasteiger partial charge in [-0.3, -0.25) is 18.7 Å². The number of hydrogen-bond acceptors (Lipinski definition) is 6. The zero-order valence-corrected chi connectivity index (χ0v) is 18.3. The fourth-order valence-electron chi connectivity index (χ4n) is 3.55. The van der Waals surface area contributed by atoms with Crippen LogP contribution in [0.2, 0.25) is 5.02 Å². The summed E-state index contributed by atoms with van der Waals surface area (Å²) in [6.07, 6.45) is 2.15. The molecule has 0 aliphatic carbocycles. The van der Waals surface area contributed by atoms with Gasteiger partial charge in [-0.1, -0.05) is 29.0 Å². The van der Waals surface area contributed by atoms with Gasteiger partial charge in [0.25, 0.3) is 5.56 Å². The van der Waals surface area contributed by atoms with Gasteiger partial charge in [-0.15, -0.1) is 0 Å². The number of aromatic nitrogens is 3. The Morgan fingerprint density at radius 2 is 1.97 bits per heavy atom. The summed E-state index contributed by atoms with van der Waals surface area (Å²) in [6.45, 7) is 5.33. The van der Waals surface area contributed by atoms with Crippen LogP contribution in [-0.4, -0.2) is 33.1 Å². The van der Waals surface area contributed by atoms with Crippen LogP contribution in [0.15, 0.2) is 27.8 Å². The standard InChI is InChI=1S/C20H22ClN5O3S/c1-3-25-18(28)16-17(23-19(30-16)24-8-4-5-9-24)26(20(25)29)11-15(27)22-13-7-6-12(2)14(21)10-13/h6-7,10H,3-5,8-9,11H2,1-2H3,(H,22,27). The van der Waals surface area contributed by atoms with Gasteiger partial charge in [-0.25, -0.2) is 9.78 Å². The average molecular weight is 448 g/mol. The summed E-state index contributed by atoms with van der Waals surface area (Å²) in [5.41, 5.74) is 0.811. The number of nitrogens with zero attached hydrogens (tertiary/aromatic N) is 4. The molecule has 3 heterocycles. The minimum Gasteiger partial charge on any atom is -0.348 e. The number of benzene rings is 1. The third kappa shape index (κ3) is 3.75. The van der Waals surface area contributed by atoms with Crippen LogP contribution in [0.25, 0.3) is 10.3 Å². The molecule has 3 aromatic rings. The highest BCUT2D eigenvalue weighted by molar-refractivity contribution is 7.22. The molecule has 1 aliphatic rings. The van der Waals surface area contributed by atoms with Crippen LogP contribution in [-0.2, 0) is 17.9 Å². The van der Waals surface area contributed by atoms with E-state index in [0.717, 1.165) is 36.1 Å². The molecule has 158 valence electrons. The van der Waals surface area contributed by atoms with Crippen LogP contribution in [0.5, 0.6) is 0 Å². The molecule has 1 saturated heterocycles. The first-order valence-electron chi connectivity index (χ1n) is 9.84. The molecule has 0 spiro atoms. The molecule has 1 aromatic carbocycles. The zero-order valence-electron chi connectivity index (χ0n) is 16.8. The summed E-state index contributed by atoms with van der Waals surface area (Å²) in [6, 6.07) is 5.22. The van der Waals surface area contributed by atoms with Gasteiger partial charge in [0.05, 0.1) is 0 Å². The number of aryl methyl sites for hydroxylation is 1. The zero-order chi connectivity index (χ0) is 21.4. The number of nitrogens with one attached hydrogen (secondary N) is 1. The molecular formula is C20H22ClN5O3S. The smallest absolute Gasteiger partial charge is 0.333 e. The summed E-state index contributed by atoms with van der Waals surface area (Å²) >= 11 is 7.41. The molecule has 1 fully saturated rings. The molecule has 0 saturated carbocycles. The van der Waals surface area contributed by atoms with E-state index in [0.29, 0.717) is 20.5 Å². The summed E-state index contributed by atoms with van der Waals surface area (Å²) in [5.74, 6) is -0.393. The van der Waals surface area contributed by atoms with Crippen molar-refractivity contribution in [2.24, 2.45) is 0 Å². The van der Waals surface area contributed by atoms with Crippen molar-refractivity contribution < 1.29 is 4.79 Å². The van der Waals surface area contributed by atoms with Crippen LogP contribution < -0.4 is 21.5 Å². The van der Waals surface area contributed by atoms with E-state index in [4.69, 9.17) is 11.6 Å². The van der Waals surface area contributed by atoms with Crippen LogP contribution in [0.3, 0.4) is 0 Å². The molecule has 30 heavy (non-hydrogen) atoms. The van der Waals surface area contributed by atoms with Crippen molar-refractivity contribution in [3.05, 3.63) is 49.6 Å². The normalized spacial score (nSPS) is 13.9. The summed E-state index contributed by atoms with van der Waals surface area (Å²) in [7, 11) is 0. The maximum atomic E-state index is 12.9. The number of fused-ring (bicyclic) bond motifs is 1. The Morgan fingerprint density at radius 1 is 1.23 bits per heavy atom. The lowest BCUT2D eigenvalue weighted by atomic mass is 10.2. The number of anilines is 2. The van der Waals surface area contributed by atoms with Crippen molar-refractivity contribution in [1.29, 1.82) is 0 Å². The highest BCUT2D eigenvalue weighted by atomic mass is 35.5. The second-order valence-electron chi connectivity index (χ2n) is 7.27. The van der Waals surface area contributed by atoms with Crippen LogP contribution in [0.1, 0.15) is 25.3 Å². The Balaban J connectivity index is 1.72. The highest BCUT2D eigenvalue weighted by Crippen LogP contribution is 2.28. The van der Waals surface area contributed by atoms with E-state index in [1.165, 1.54) is 15.9 Å². The largest absolute Gasteiger partial charge is 0.348 e. The Hall–Kier alpha value is -2.65. The maximum Gasteiger partial charge on any atom is 0.333 e. The Bertz CT molecular complexity index is 1240. The van der Waals surface area contributed by atoms with Crippen molar-refractivity contribution in [2.45, 2.75) is 39.8 Å². The predicted octanol–water partition coefficient (Wildman–Crippen LogP) is 2.84. The number of amides is 1. The van der Waals surface area contributed by atoms with E-state index in [1.54, 1.807) is 19.1 Å². The molecular weight excluding hydrogens is 426 g/mol. The molecule has 1 N–H and O–H groups in total. The Morgan fingerprint density at radius 3 is 2.63 bits per heavy atom. The molecule has 4 rings (SSSR count). The first-order valence-corrected chi connectivity index (χ1v) is 11.0. The number of carbonyl (C=O) groups is 1. The third-order valence-electron chi connectivity index (χ3n) is 5.20. The van der Waals surface area contributed by atoms with Crippen molar-refractivity contribution in [1.82, 2.24) is 14.1 Å². The van der Waals surface area contributed by atoms with Crippen LogP contribution in [0, 0.1) is 6.92 Å². The third-order valence-corrected chi connectivity index (χ3v) is 6.71. The van der Waals surface area contributed by atoms with Crippen molar-refractivity contribution in [3.8, 4) is 0 Å². The van der Waals surface area contributed by atoms with Crippen LogP contribution in [0.4, 0.5) is 10.8 Å². The maximum absolute atomic E-state index is 12.9. The highest BCUT2D eigenvalue weighted by Gasteiger charge is 2.22. The fraction of sp³-hybridized carbons (Fsp3) is 0.400. The van der Waals surface area contributed by atoms with Gasteiger partial charge >= 0.3 is 5.69 Å². The second-order valence-corrected chi connectivity index (χ2v) is 8.66. The molecule has 0 atom stereocenters. The summed E-state index contributed by atoms with van der Waals surface area (Å²) in [5, 5.41) is 4.02. The SMILES string of the molecule is CCn1c(=O)c2sc(N3CCCC3)nc2n(CC(=O)Nc2ccc(C)c(Cl)c2)c1=O. The molecule has 1 aliphatic heterocycles. The van der Waals surface area contributed by atoms with E-state index < -0.39 is 11.6 Å². The minimum absolute atomic E-state index is 0.222. The van der Waals surface area contributed by atoms with Crippen molar-refractivity contribution >= 4 is 50.0 Å². The lowest BCUT2D eigenvalue weighted by molar-refractivity contribution is -0.116. The molecule has 1 amide bonds. The lowest BCUT2D eigenvalue weighted by Gasteiger charge is -2.12. The van der Waals surface area contributed by atoms with Gasteiger partial charge in [0.1, 0.15) is 11.2 Å². The van der Waals surface area contributed by atoms with E-state index in [2.05, 4.69) is 15.2 Å². The number of carbonyl (C=O) groups excluding carboxylic acids is 1. The molecule has 0 bridgehead atoms. The molecule has 2 aromatic heterocycles. The summed E-state index contributed by atoms with van der Waals surface area (Å²) < 4.78 is 2.82. The number of halogens is 1. The fourth-order valence-corrected chi connectivity index (χ4v) is 4.80. The first-order chi connectivity index (χ1) is 14.4. The van der Waals surface area contributed by atoms with E-state index in [1.807, 2.05) is 13.0 Å². The lowest BCUT2D eigenvalue weighted by Crippen LogP contribution is -2.41. The number of rotatable bonds is 5. The Kier molecular flexibility index (Phi) is 5.66. The Labute approximate surface area is 181 Å². The molecule has 0 radical (unpaired) electrons. The van der Waals surface area contributed by atoms with Gasteiger partial charge < -0.3 is 10.2 Å². The molecule has 0 unspecified atom stereocenters. The monoisotopic (exact) mass is 447 g/mol. The number of thiazole rings is 1. The quantitative estimate of drug-likeness (QED) is 0.649. The number of hydrogen-bond donors (Lipinski definition) is 1. The molecule has 10 heteroatoms. The van der Waals surface area contributed by atoms with Gasteiger partial charge in [-0.2, -0.15) is 0 Å². The van der Waals surface area contributed by atoms with E-state index in [9.17, 15) is 14.4 Å². The van der Waals surface area contributed by atoms with Gasteiger partial charge in [0.15, 0.2) is 10.8 Å². The van der Waals surface area contributed by atoms with Gasteiger partial charge in [-0.05, 0) is 44.4 Å². The van der Waals surface area contributed by atoms with Gasteiger partial charge in [0, 0.05) is 30.3 Å². The predicted molar refractivity (Wildman–Crippen MR) is 120 cm³/mol. The van der Waals surface area contributed by atoms with Gasteiger partial charge in [0.2, 0.25) is 5.91 Å². The van der Waals surface area contributed by atoms with E-state index >= 15 is 0 Å². The summed E-state index contributed by atoms with van der Waals surface area (Å²) in [4.78, 5) is 45.1. The minimum atomic E-state index is -0.537. The van der Waals surface area contributed by atoms with Crippen molar-refractivity contribution in [2.75, 3.05) is 23.3 Å². The first kappa shape index (κ1) is 20.6.